The Morgan fingerprint density at radius 1 is 1.35 bits per heavy atom. The highest BCUT2D eigenvalue weighted by Gasteiger charge is 2.21. The number of carbonyl (C=O) groups is 2. The fourth-order valence-corrected chi connectivity index (χ4v) is 3.14. The molecule has 0 aliphatic rings. The lowest BCUT2D eigenvalue weighted by Crippen LogP contribution is -2.24. The normalized spacial score (nSPS) is 11.7. The number of hydrogen-bond donors (Lipinski definition) is 4. The van der Waals surface area contributed by atoms with Crippen LogP contribution >= 0.6 is 11.8 Å². The summed E-state index contributed by atoms with van der Waals surface area (Å²) < 4.78 is 0. The first kappa shape index (κ1) is 19.5. The molecule has 0 unspecified atom stereocenters. The molecule has 5 N–H and O–H groups in total. The molecule has 0 spiro atoms. The molecule has 0 saturated carbocycles. The Balaban J connectivity index is 2.18. The number of hydrogen-bond acceptors (Lipinski definition) is 6. The molecule has 1 atom stereocenters. The number of thioether (sulfide) groups is 1. The highest BCUT2D eigenvalue weighted by molar-refractivity contribution is 8.00. The van der Waals surface area contributed by atoms with Crippen LogP contribution in [0, 0.1) is 0 Å². The molecule has 0 fully saturated rings. The van der Waals surface area contributed by atoms with E-state index in [1.54, 1.807) is 30.3 Å². The largest absolute Gasteiger partial charge is 0.480 e. The lowest BCUT2D eigenvalue weighted by atomic mass is 10.2. The van der Waals surface area contributed by atoms with E-state index in [9.17, 15) is 19.5 Å². The number of aromatic amines is 1. The number of unbranched alkanes of at least 4 members (excludes halogenated alkanes) is 1. The molecule has 0 bridgehead atoms. The van der Waals surface area contributed by atoms with Crippen LogP contribution in [0.1, 0.15) is 36.5 Å². The minimum Gasteiger partial charge on any atom is -0.480 e. The van der Waals surface area contributed by atoms with Crippen molar-refractivity contribution in [1.29, 1.82) is 0 Å². The van der Waals surface area contributed by atoms with E-state index in [4.69, 9.17) is 5.73 Å². The molecule has 8 nitrogen and oxygen atoms in total. The van der Waals surface area contributed by atoms with E-state index < -0.39 is 22.7 Å². The molecular weight excluding hydrogens is 356 g/mol. The van der Waals surface area contributed by atoms with Crippen LogP contribution in [0.4, 0.5) is 11.5 Å². The lowest BCUT2D eigenvalue weighted by molar-refractivity contribution is -0.136. The molecule has 9 heteroatoms. The summed E-state index contributed by atoms with van der Waals surface area (Å²) in [7, 11) is 0. The van der Waals surface area contributed by atoms with Gasteiger partial charge in [-0.25, -0.2) is 4.98 Å². The van der Waals surface area contributed by atoms with Gasteiger partial charge in [-0.05, 0) is 18.6 Å². The lowest BCUT2D eigenvalue weighted by Gasteiger charge is -2.12. The van der Waals surface area contributed by atoms with Crippen molar-refractivity contribution in [2.75, 3.05) is 11.1 Å². The molecule has 1 aromatic carbocycles. The number of carbonyl (C=O) groups excluding carboxylic acids is 1. The third kappa shape index (κ3) is 5.09. The van der Waals surface area contributed by atoms with E-state index in [0.29, 0.717) is 12.0 Å². The molecule has 0 saturated heterocycles. The summed E-state index contributed by atoms with van der Waals surface area (Å²) in [6.07, 6.45) is 2.06. The second kappa shape index (κ2) is 9.04. The highest BCUT2D eigenvalue weighted by Crippen LogP contribution is 2.25. The van der Waals surface area contributed by atoms with Crippen molar-refractivity contribution in [2.45, 2.75) is 36.6 Å². The number of carboxylic acid groups (broad SMARTS) is 1. The Labute approximate surface area is 154 Å². The quantitative estimate of drug-likeness (QED) is 0.410. The van der Waals surface area contributed by atoms with Gasteiger partial charge in [-0.15, -0.1) is 0 Å². The third-order valence-electron chi connectivity index (χ3n) is 3.55. The van der Waals surface area contributed by atoms with Crippen LogP contribution in [-0.4, -0.2) is 32.2 Å². The van der Waals surface area contributed by atoms with Crippen molar-refractivity contribution < 1.29 is 14.7 Å². The van der Waals surface area contributed by atoms with E-state index in [-0.39, 0.29) is 16.7 Å². The predicted molar refractivity (Wildman–Crippen MR) is 100 cm³/mol. The fourth-order valence-electron chi connectivity index (χ4n) is 2.18. The summed E-state index contributed by atoms with van der Waals surface area (Å²) in [6, 6.07) is 8.36. The number of rotatable bonds is 8. The number of carboxylic acids is 1. The van der Waals surface area contributed by atoms with E-state index >= 15 is 0 Å². The maximum atomic E-state index is 12.2. The SMILES string of the molecule is CCCC[C@H](Sc1nc(N)c(NC(=O)c2ccccc2)c(=O)[nH]1)C(=O)O. The molecule has 0 radical (unpaired) electrons. The molecule has 138 valence electrons. The first-order valence-electron chi connectivity index (χ1n) is 8.08. The highest BCUT2D eigenvalue weighted by atomic mass is 32.2. The average molecular weight is 376 g/mol. The van der Waals surface area contributed by atoms with Crippen molar-refractivity contribution in [3.8, 4) is 0 Å². The fraction of sp³-hybridized carbons (Fsp3) is 0.294. The summed E-state index contributed by atoms with van der Waals surface area (Å²) in [6.45, 7) is 1.96. The molecular formula is C17H20N4O4S. The summed E-state index contributed by atoms with van der Waals surface area (Å²) >= 11 is 0.930. The van der Waals surface area contributed by atoms with Crippen LogP contribution in [0.3, 0.4) is 0 Å². The maximum Gasteiger partial charge on any atom is 0.317 e. The van der Waals surface area contributed by atoms with Gasteiger partial charge in [-0.2, -0.15) is 0 Å². The molecule has 0 aliphatic heterocycles. The zero-order valence-corrected chi connectivity index (χ0v) is 15.0. The predicted octanol–water partition coefficient (Wildman–Crippen LogP) is 2.34. The van der Waals surface area contributed by atoms with E-state index in [1.165, 1.54) is 0 Å². The van der Waals surface area contributed by atoms with Gasteiger partial charge >= 0.3 is 5.97 Å². The van der Waals surface area contributed by atoms with Gasteiger partial charge in [-0.1, -0.05) is 49.7 Å². The molecule has 1 amide bonds. The van der Waals surface area contributed by atoms with Crippen LogP contribution in [0.5, 0.6) is 0 Å². The van der Waals surface area contributed by atoms with E-state index in [1.807, 2.05) is 6.92 Å². The zero-order chi connectivity index (χ0) is 19.1. The number of nitrogens with two attached hydrogens (primary N) is 1. The topological polar surface area (TPSA) is 138 Å². The molecule has 1 heterocycles. The van der Waals surface area contributed by atoms with Crippen LogP contribution in [0.15, 0.2) is 40.3 Å². The number of nitrogens with zero attached hydrogens (tertiary/aromatic N) is 1. The number of aliphatic carboxylic acids is 1. The molecule has 0 aliphatic carbocycles. The van der Waals surface area contributed by atoms with Crippen molar-refractivity contribution in [3.63, 3.8) is 0 Å². The van der Waals surface area contributed by atoms with E-state index in [2.05, 4.69) is 15.3 Å². The van der Waals surface area contributed by atoms with Crippen LogP contribution in [0.25, 0.3) is 0 Å². The van der Waals surface area contributed by atoms with Gasteiger partial charge < -0.3 is 16.2 Å². The number of nitrogens with one attached hydrogen (secondary N) is 2. The number of aromatic nitrogens is 2. The monoisotopic (exact) mass is 376 g/mol. The summed E-state index contributed by atoms with van der Waals surface area (Å²) in [4.78, 5) is 42.2. The minimum atomic E-state index is -0.980. The average Bonchev–Trinajstić information content (AvgIpc) is 2.62. The number of anilines is 2. The molecule has 2 aromatic rings. The Hall–Kier alpha value is -2.81. The van der Waals surface area contributed by atoms with Crippen LogP contribution in [0.2, 0.25) is 0 Å². The number of amides is 1. The molecule has 2 rings (SSSR count). The van der Waals surface area contributed by atoms with Gasteiger partial charge in [0.1, 0.15) is 10.9 Å². The first-order chi connectivity index (χ1) is 12.4. The Kier molecular flexibility index (Phi) is 6.79. The van der Waals surface area contributed by atoms with Gasteiger partial charge in [0.25, 0.3) is 11.5 Å². The minimum absolute atomic E-state index is 0.105. The number of nitrogen functional groups attached to an aromatic ring is 1. The van der Waals surface area contributed by atoms with Crippen molar-refractivity contribution >= 4 is 35.1 Å². The standard InChI is InChI=1S/C17H20N4O4S/c1-2-3-9-11(16(24)25)26-17-20-13(18)12(15(23)21-17)19-14(22)10-7-5-4-6-8-10/h4-8,11H,2-3,9H2,1H3,(H,19,22)(H,24,25)(H3,18,20,21,23)/t11-/m0/s1. The smallest absolute Gasteiger partial charge is 0.317 e. The molecule has 26 heavy (non-hydrogen) atoms. The van der Waals surface area contributed by atoms with Crippen LogP contribution < -0.4 is 16.6 Å². The maximum absolute atomic E-state index is 12.2. The third-order valence-corrected chi connectivity index (χ3v) is 4.69. The van der Waals surface area contributed by atoms with Gasteiger partial charge in [0, 0.05) is 5.56 Å². The zero-order valence-electron chi connectivity index (χ0n) is 14.2. The summed E-state index contributed by atoms with van der Waals surface area (Å²) in [5, 5.41) is 11.1. The van der Waals surface area contributed by atoms with Gasteiger partial charge in [0.2, 0.25) is 0 Å². The number of benzene rings is 1. The Morgan fingerprint density at radius 3 is 2.62 bits per heavy atom. The van der Waals surface area contributed by atoms with E-state index in [0.717, 1.165) is 24.6 Å². The second-order valence-electron chi connectivity index (χ2n) is 5.54. The van der Waals surface area contributed by atoms with Gasteiger partial charge in [-0.3, -0.25) is 19.4 Å². The van der Waals surface area contributed by atoms with Crippen molar-refractivity contribution in [3.05, 3.63) is 46.2 Å². The Bertz CT molecular complexity index is 838. The van der Waals surface area contributed by atoms with Crippen molar-refractivity contribution in [2.24, 2.45) is 0 Å². The van der Waals surface area contributed by atoms with Crippen LogP contribution in [-0.2, 0) is 4.79 Å². The van der Waals surface area contributed by atoms with Crippen molar-refractivity contribution in [1.82, 2.24) is 9.97 Å². The van der Waals surface area contributed by atoms with Gasteiger partial charge in [0.05, 0.1) is 0 Å². The Morgan fingerprint density at radius 2 is 2.04 bits per heavy atom. The summed E-state index contributed by atoms with van der Waals surface area (Å²) in [5.41, 5.74) is 5.37. The van der Waals surface area contributed by atoms with Gasteiger partial charge in [0.15, 0.2) is 11.0 Å². The summed E-state index contributed by atoms with van der Waals surface area (Å²) in [5.74, 6) is -1.64. The molecule has 1 aromatic heterocycles. The number of H-pyrrole nitrogens is 1. The second-order valence-corrected chi connectivity index (χ2v) is 6.73. The first-order valence-corrected chi connectivity index (χ1v) is 8.96.